The van der Waals surface area contributed by atoms with Crippen LogP contribution in [0.3, 0.4) is 0 Å². The Labute approximate surface area is 155 Å². The molecule has 1 heterocycles. The number of aromatic nitrogens is 1. The minimum atomic E-state index is -0.360. The Balaban J connectivity index is 1.57. The van der Waals surface area contributed by atoms with Crippen LogP contribution in [0.15, 0.2) is 79.1 Å². The Hall–Kier alpha value is -3.80. The number of hydrogen-bond donors (Lipinski definition) is 2. The molecule has 2 aromatic carbocycles. The van der Waals surface area contributed by atoms with Gasteiger partial charge in [-0.25, -0.2) is 4.39 Å². The van der Waals surface area contributed by atoms with Crippen molar-refractivity contribution >= 4 is 29.3 Å². The average Bonchev–Trinajstić information content (AvgIpc) is 2.69. The summed E-state index contributed by atoms with van der Waals surface area (Å²) >= 11 is 0. The van der Waals surface area contributed by atoms with E-state index in [1.807, 2.05) is 0 Å². The molecule has 0 atom stereocenters. The molecule has 0 saturated carbocycles. The highest BCUT2D eigenvalue weighted by Crippen LogP contribution is 2.15. The van der Waals surface area contributed by atoms with Gasteiger partial charge in [-0.1, -0.05) is 12.1 Å². The molecule has 0 saturated heterocycles. The van der Waals surface area contributed by atoms with Gasteiger partial charge in [0, 0.05) is 29.8 Å². The second kappa shape index (κ2) is 8.53. The van der Waals surface area contributed by atoms with E-state index in [0.29, 0.717) is 22.5 Å². The number of carbonyl (C=O) groups is 2. The molecular weight excluding hydrogens is 345 g/mol. The fourth-order valence-electron chi connectivity index (χ4n) is 2.30. The molecule has 134 valence electrons. The lowest BCUT2D eigenvalue weighted by atomic mass is 10.2. The molecule has 0 radical (unpaired) electrons. The number of halogens is 1. The van der Waals surface area contributed by atoms with Crippen molar-refractivity contribution in [3.63, 3.8) is 0 Å². The highest BCUT2D eigenvalue weighted by molar-refractivity contribution is 6.04. The molecule has 6 heteroatoms. The predicted molar refractivity (Wildman–Crippen MR) is 103 cm³/mol. The van der Waals surface area contributed by atoms with E-state index in [2.05, 4.69) is 15.6 Å². The van der Waals surface area contributed by atoms with Crippen LogP contribution >= 0.6 is 0 Å². The van der Waals surface area contributed by atoms with Crippen molar-refractivity contribution in [1.82, 2.24) is 4.98 Å². The molecule has 0 bridgehead atoms. The number of nitrogens with zero attached hydrogens (tertiary/aromatic N) is 1. The van der Waals surface area contributed by atoms with E-state index in [4.69, 9.17) is 0 Å². The van der Waals surface area contributed by atoms with Crippen LogP contribution < -0.4 is 10.6 Å². The van der Waals surface area contributed by atoms with Gasteiger partial charge >= 0.3 is 0 Å². The van der Waals surface area contributed by atoms with E-state index >= 15 is 0 Å². The zero-order valence-corrected chi connectivity index (χ0v) is 14.2. The maximum atomic E-state index is 13.1. The summed E-state index contributed by atoms with van der Waals surface area (Å²) in [5, 5.41) is 5.45. The maximum absolute atomic E-state index is 13.1. The normalized spacial score (nSPS) is 10.6. The quantitative estimate of drug-likeness (QED) is 0.672. The zero-order chi connectivity index (χ0) is 19.1. The van der Waals surface area contributed by atoms with Crippen LogP contribution in [-0.2, 0) is 4.79 Å². The standard InChI is InChI=1S/C21H16FN3O2/c22-17-5-1-3-15(13-17)6-11-20(26)24-18-7-9-19(10-8-18)25-21(27)16-4-2-12-23-14-16/h1-14H,(H,24,26)(H,25,27)/b11-6+. The zero-order valence-electron chi connectivity index (χ0n) is 14.2. The highest BCUT2D eigenvalue weighted by Gasteiger charge is 2.06. The first-order valence-electron chi connectivity index (χ1n) is 8.16. The third-order valence-corrected chi connectivity index (χ3v) is 3.61. The summed E-state index contributed by atoms with van der Waals surface area (Å²) in [7, 11) is 0. The van der Waals surface area contributed by atoms with Crippen molar-refractivity contribution in [3.05, 3.63) is 96.1 Å². The van der Waals surface area contributed by atoms with Crippen LogP contribution in [0.4, 0.5) is 15.8 Å². The minimum Gasteiger partial charge on any atom is -0.323 e. The largest absolute Gasteiger partial charge is 0.323 e. The van der Waals surface area contributed by atoms with Crippen LogP contribution in [0, 0.1) is 5.82 Å². The number of hydrogen-bond acceptors (Lipinski definition) is 3. The van der Waals surface area contributed by atoms with Crippen LogP contribution in [0.2, 0.25) is 0 Å². The molecule has 5 nitrogen and oxygen atoms in total. The van der Waals surface area contributed by atoms with E-state index in [9.17, 15) is 14.0 Å². The Kier molecular flexibility index (Phi) is 5.69. The van der Waals surface area contributed by atoms with Crippen molar-refractivity contribution < 1.29 is 14.0 Å². The number of nitrogens with one attached hydrogen (secondary N) is 2. The summed E-state index contributed by atoms with van der Waals surface area (Å²) < 4.78 is 13.1. The van der Waals surface area contributed by atoms with Crippen molar-refractivity contribution in [2.24, 2.45) is 0 Å². The van der Waals surface area contributed by atoms with E-state index in [0.717, 1.165) is 0 Å². The van der Waals surface area contributed by atoms with Crippen LogP contribution in [0.1, 0.15) is 15.9 Å². The third kappa shape index (κ3) is 5.34. The molecule has 27 heavy (non-hydrogen) atoms. The fraction of sp³-hybridized carbons (Fsp3) is 0. The van der Waals surface area contributed by atoms with E-state index in [1.165, 1.54) is 30.5 Å². The fourth-order valence-corrected chi connectivity index (χ4v) is 2.30. The summed E-state index contributed by atoms with van der Waals surface area (Å²) in [6.07, 6.45) is 5.93. The van der Waals surface area contributed by atoms with Gasteiger partial charge in [-0.15, -0.1) is 0 Å². The molecule has 3 rings (SSSR count). The summed E-state index contributed by atoms with van der Waals surface area (Å²) in [5.41, 5.74) is 2.22. The minimum absolute atomic E-state index is 0.266. The van der Waals surface area contributed by atoms with Gasteiger partial charge in [0.25, 0.3) is 5.91 Å². The first-order valence-corrected chi connectivity index (χ1v) is 8.16. The molecular formula is C21H16FN3O2. The molecule has 0 aliphatic heterocycles. The predicted octanol–water partition coefficient (Wildman–Crippen LogP) is 4.12. The van der Waals surface area contributed by atoms with Gasteiger partial charge in [0.1, 0.15) is 5.82 Å². The van der Waals surface area contributed by atoms with Gasteiger partial charge in [0.05, 0.1) is 5.56 Å². The second-order valence-corrected chi connectivity index (χ2v) is 5.65. The summed E-state index contributed by atoms with van der Waals surface area (Å²) in [4.78, 5) is 27.9. The molecule has 0 aliphatic carbocycles. The lowest BCUT2D eigenvalue weighted by molar-refractivity contribution is -0.111. The number of carbonyl (C=O) groups excluding carboxylic acids is 2. The maximum Gasteiger partial charge on any atom is 0.257 e. The Morgan fingerprint density at radius 2 is 1.67 bits per heavy atom. The monoisotopic (exact) mass is 361 g/mol. The van der Waals surface area contributed by atoms with Crippen molar-refractivity contribution in [1.29, 1.82) is 0 Å². The van der Waals surface area contributed by atoms with Gasteiger partial charge in [-0.3, -0.25) is 14.6 Å². The molecule has 0 spiro atoms. The van der Waals surface area contributed by atoms with Gasteiger partial charge in [0.2, 0.25) is 5.91 Å². The third-order valence-electron chi connectivity index (χ3n) is 3.61. The number of pyridine rings is 1. The average molecular weight is 361 g/mol. The summed E-state index contributed by atoms with van der Waals surface area (Å²) in [6.45, 7) is 0. The Morgan fingerprint density at radius 1 is 0.926 bits per heavy atom. The molecule has 2 N–H and O–H groups in total. The molecule has 1 aromatic heterocycles. The van der Waals surface area contributed by atoms with E-state index < -0.39 is 0 Å². The van der Waals surface area contributed by atoms with Crippen LogP contribution in [-0.4, -0.2) is 16.8 Å². The van der Waals surface area contributed by atoms with Crippen molar-refractivity contribution in [2.45, 2.75) is 0 Å². The van der Waals surface area contributed by atoms with Gasteiger partial charge in [-0.05, 0) is 60.2 Å². The van der Waals surface area contributed by atoms with Gasteiger partial charge in [0.15, 0.2) is 0 Å². The Morgan fingerprint density at radius 3 is 2.33 bits per heavy atom. The molecule has 2 amide bonds. The lowest BCUT2D eigenvalue weighted by Crippen LogP contribution is -2.12. The molecule has 0 unspecified atom stereocenters. The molecule has 0 aliphatic rings. The lowest BCUT2D eigenvalue weighted by Gasteiger charge is -2.07. The van der Waals surface area contributed by atoms with Gasteiger partial charge < -0.3 is 10.6 Å². The number of benzene rings is 2. The SMILES string of the molecule is O=C(/C=C/c1cccc(F)c1)Nc1ccc(NC(=O)c2cccnc2)cc1. The van der Waals surface area contributed by atoms with Crippen LogP contribution in [0.25, 0.3) is 6.08 Å². The smallest absolute Gasteiger partial charge is 0.257 e. The molecule has 3 aromatic rings. The number of anilines is 2. The van der Waals surface area contributed by atoms with Crippen molar-refractivity contribution in [3.8, 4) is 0 Å². The van der Waals surface area contributed by atoms with Crippen LogP contribution in [0.5, 0.6) is 0 Å². The first-order chi connectivity index (χ1) is 13.1. The molecule has 0 fully saturated rings. The number of rotatable bonds is 5. The van der Waals surface area contributed by atoms with E-state index in [1.54, 1.807) is 54.7 Å². The van der Waals surface area contributed by atoms with Gasteiger partial charge in [-0.2, -0.15) is 0 Å². The summed E-state index contributed by atoms with van der Waals surface area (Å²) in [5.74, 6) is -0.967. The Bertz CT molecular complexity index is 970. The first kappa shape index (κ1) is 18.0. The van der Waals surface area contributed by atoms with Crippen molar-refractivity contribution in [2.75, 3.05) is 10.6 Å². The highest BCUT2D eigenvalue weighted by atomic mass is 19.1. The van der Waals surface area contributed by atoms with E-state index in [-0.39, 0.29) is 17.6 Å². The summed E-state index contributed by atoms with van der Waals surface area (Å²) in [6, 6.07) is 16.0. The number of amides is 2. The second-order valence-electron chi connectivity index (χ2n) is 5.65. The topological polar surface area (TPSA) is 71.1 Å².